The van der Waals surface area contributed by atoms with E-state index in [9.17, 15) is 8.78 Å². The minimum Gasteiger partial charge on any atom is -0.343 e. The number of nitrogens with one attached hydrogen (secondary N) is 2. The van der Waals surface area contributed by atoms with Crippen LogP contribution in [0.4, 0.5) is 8.78 Å². The van der Waals surface area contributed by atoms with Gasteiger partial charge in [-0.2, -0.15) is 0 Å². The Hall–Kier alpha value is -1.18. The molecule has 2 heterocycles. The zero-order chi connectivity index (χ0) is 14.3. The van der Waals surface area contributed by atoms with Crippen molar-refractivity contribution >= 4 is 28.1 Å². The van der Waals surface area contributed by atoms with Crippen LogP contribution in [0.3, 0.4) is 0 Å². The molecule has 7 heteroatoms. The number of halogens is 3. The fraction of sp³-hybridized carbons (Fsp3) is 0.231. The van der Waals surface area contributed by atoms with Crippen LogP contribution in [0, 0.1) is 16.3 Å². The van der Waals surface area contributed by atoms with Gasteiger partial charge >= 0.3 is 0 Å². The number of benzene rings is 1. The number of aromatic amines is 1. The van der Waals surface area contributed by atoms with Crippen molar-refractivity contribution in [2.24, 2.45) is 0 Å². The van der Waals surface area contributed by atoms with Crippen molar-refractivity contribution in [1.82, 2.24) is 15.3 Å². The SMILES string of the molecule is Fc1ccc(-c2nc(=S)c3c([nH]2)CCNC3)c(Br)c1F. The predicted octanol–water partition coefficient (Wildman–Crippen LogP) is 3.49. The van der Waals surface area contributed by atoms with Gasteiger partial charge in [0.25, 0.3) is 0 Å². The molecule has 0 atom stereocenters. The number of fused-ring (bicyclic) bond motifs is 1. The van der Waals surface area contributed by atoms with E-state index in [-0.39, 0.29) is 4.47 Å². The lowest BCUT2D eigenvalue weighted by Crippen LogP contribution is -2.25. The normalized spacial score (nSPS) is 14.2. The maximum absolute atomic E-state index is 13.6. The molecule has 0 saturated heterocycles. The molecule has 1 aromatic carbocycles. The van der Waals surface area contributed by atoms with Crippen LogP contribution < -0.4 is 5.32 Å². The Labute approximate surface area is 127 Å². The van der Waals surface area contributed by atoms with Gasteiger partial charge in [-0.05, 0) is 28.1 Å². The highest BCUT2D eigenvalue weighted by molar-refractivity contribution is 9.10. The summed E-state index contributed by atoms with van der Waals surface area (Å²) in [6.07, 6.45) is 0.801. The first-order valence-corrected chi connectivity index (χ1v) is 7.24. The van der Waals surface area contributed by atoms with Crippen molar-refractivity contribution in [3.8, 4) is 11.4 Å². The molecule has 20 heavy (non-hydrogen) atoms. The number of rotatable bonds is 1. The molecule has 2 N–H and O–H groups in total. The molecule has 0 fully saturated rings. The summed E-state index contributed by atoms with van der Waals surface area (Å²) < 4.78 is 27.3. The first kappa shape index (κ1) is 13.8. The second kappa shape index (κ2) is 5.31. The molecule has 0 unspecified atom stereocenters. The fourth-order valence-corrected chi connectivity index (χ4v) is 3.00. The molecule has 0 spiro atoms. The van der Waals surface area contributed by atoms with Crippen LogP contribution in [-0.2, 0) is 13.0 Å². The maximum atomic E-state index is 13.6. The van der Waals surface area contributed by atoms with Crippen molar-refractivity contribution < 1.29 is 8.78 Å². The van der Waals surface area contributed by atoms with E-state index in [0.717, 1.165) is 30.3 Å². The molecular weight excluding hydrogens is 348 g/mol. The third kappa shape index (κ3) is 2.30. The van der Waals surface area contributed by atoms with Crippen LogP contribution in [0.25, 0.3) is 11.4 Å². The molecule has 0 bridgehead atoms. The molecule has 0 aliphatic carbocycles. The van der Waals surface area contributed by atoms with E-state index in [1.54, 1.807) is 0 Å². The number of hydrogen-bond donors (Lipinski definition) is 2. The van der Waals surface area contributed by atoms with Crippen LogP contribution in [0.2, 0.25) is 0 Å². The van der Waals surface area contributed by atoms with Gasteiger partial charge in [0.1, 0.15) is 10.5 Å². The minimum absolute atomic E-state index is 0.0459. The molecule has 1 aliphatic heterocycles. The molecular formula is C13H10BrF2N3S. The van der Waals surface area contributed by atoms with E-state index < -0.39 is 11.6 Å². The number of nitrogens with zero attached hydrogens (tertiary/aromatic N) is 1. The number of aromatic nitrogens is 2. The highest BCUT2D eigenvalue weighted by atomic mass is 79.9. The lowest BCUT2D eigenvalue weighted by Gasteiger charge is -2.18. The summed E-state index contributed by atoms with van der Waals surface area (Å²) in [5, 5.41) is 3.22. The van der Waals surface area contributed by atoms with Gasteiger partial charge in [-0.1, -0.05) is 12.2 Å². The molecule has 3 nitrogen and oxygen atoms in total. The van der Waals surface area contributed by atoms with Crippen molar-refractivity contribution in [1.29, 1.82) is 0 Å². The maximum Gasteiger partial charge on any atom is 0.173 e. The summed E-state index contributed by atoms with van der Waals surface area (Å²) in [6.45, 7) is 1.53. The quantitative estimate of drug-likeness (QED) is 0.606. The monoisotopic (exact) mass is 357 g/mol. The summed E-state index contributed by atoms with van der Waals surface area (Å²) in [4.78, 5) is 7.46. The summed E-state index contributed by atoms with van der Waals surface area (Å²) in [5.74, 6) is -1.38. The third-order valence-electron chi connectivity index (χ3n) is 3.25. The van der Waals surface area contributed by atoms with E-state index in [4.69, 9.17) is 12.2 Å². The first-order chi connectivity index (χ1) is 9.58. The zero-order valence-electron chi connectivity index (χ0n) is 10.3. The van der Waals surface area contributed by atoms with E-state index in [2.05, 4.69) is 31.2 Å². The second-order valence-electron chi connectivity index (χ2n) is 4.50. The zero-order valence-corrected chi connectivity index (χ0v) is 12.7. The van der Waals surface area contributed by atoms with Crippen molar-refractivity contribution in [3.05, 3.63) is 44.1 Å². The topological polar surface area (TPSA) is 40.7 Å². The smallest absolute Gasteiger partial charge is 0.173 e. The van der Waals surface area contributed by atoms with Gasteiger partial charge < -0.3 is 10.3 Å². The van der Waals surface area contributed by atoms with E-state index >= 15 is 0 Å². The minimum atomic E-state index is -0.928. The summed E-state index contributed by atoms with van der Waals surface area (Å²) in [7, 11) is 0. The molecule has 0 amide bonds. The van der Waals surface area contributed by atoms with Crippen LogP contribution in [0.5, 0.6) is 0 Å². The molecule has 104 valence electrons. The van der Waals surface area contributed by atoms with Gasteiger partial charge in [-0.25, -0.2) is 13.8 Å². The summed E-state index contributed by atoms with van der Waals surface area (Å²) >= 11 is 8.34. The third-order valence-corrected chi connectivity index (χ3v) is 4.36. The predicted molar refractivity (Wildman–Crippen MR) is 77.9 cm³/mol. The Morgan fingerprint density at radius 2 is 2.10 bits per heavy atom. The average molecular weight is 358 g/mol. The highest BCUT2D eigenvalue weighted by Crippen LogP contribution is 2.30. The molecule has 2 aromatic rings. The second-order valence-corrected chi connectivity index (χ2v) is 5.68. The van der Waals surface area contributed by atoms with Crippen LogP contribution >= 0.6 is 28.1 Å². The van der Waals surface area contributed by atoms with Crippen LogP contribution in [-0.4, -0.2) is 16.5 Å². The Balaban J connectivity index is 2.19. The van der Waals surface area contributed by atoms with Crippen molar-refractivity contribution in [2.75, 3.05) is 6.54 Å². The van der Waals surface area contributed by atoms with Crippen molar-refractivity contribution in [3.63, 3.8) is 0 Å². The first-order valence-electron chi connectivity index (χ1n) is 6.04. The Bertz CT molecular complexity index is 745. The van der Waals surface area contributed by atoms with Gasteiger partial charge in [-0.15, -0.1) is 0 Å². The standard InChI is InChI=1S/C13H10BrF2N3S/c14-10-6(1-2-8(15)11(10)16)12-18-9-3-4-17-5-7(9)13(20)19-12/h1-2,17H,3-5H2,(H,18,19,20). The van der Waals surface area contributed by atoms with E-state index in [0.29, 0.717) is 22.6 Å². The van der Waals surface area contributed by atoms with Gasteiger partial charge in [-0.3, -0.25) is 0 Å². The van der Waals surface area contributed by atoms with Gasteiger partial charge in [0.15, 0.2) is 11.6 Å². The van der Waals surface area contributed by atoms with Gasteiger partial charge in [0.2, 0.25) is 0 Å². The fourth-order valence-electron chi connectivity index (χ4n) is 2.20. The molecule has 0 radical (unpaired) electrons. The Morgan fingerprint density at radius 1 is 1.30 bits per heavy atom. The lowest BCUT2D eigenvalue weighted by molar-refractivity contribution is 0.504. The highest BCUT2D eigenvalue weighted by Gasteiger charge is 2.17. The number of H-pyrrole nitrogens is 1. The van der Waals surface area contributed by atoms with Crippen LogP contribution in [0.1, 0.15) is 11.3 Å². The molecule has 1 aliphatic rings. The molecule has 3 rings (SSSR count). The summed E-state index contributed by atoms with van der Waals surface area (Å²) in [5.41, 5.74) is 2.42. The largest absolute Gasteiger partial charge is 0.343 e. The number of hydrogen-bond acceptors (Lipinski definition) is 3. The van der Waals surface area contributed by atoms with E-state index in [1.807, 2.05) is 0 Å². The molecule has 1 aromatic heterocycles. The average Bonchev–Trinajstić information content (AvgIpc) is 2.45. The van der Waals surface area contributed by atoms with Gasteiger partial charge in [0.05, 0.1) is 4.47 Å². The molecule has 0 saturated carbocycles. The lowest BCUT2D eigenvalue weighted by atomic mass is 10.1. The van der Waals surface area contributed by atoms with E-state index in [1.165, 1.54) is 6.07 Å². The Morgan fingerprint density at radius 3 is 2.90 bits per heavy atom. The Kier molecular flexibility index (Phi) is 3.66. The van der Waals surface area contributed by atoms with Crippen molar-refractivity contribution in [2.45, 2.75) is 13.0 Å². The van der Waals surface area contributed by atoms with Gasteiger partial charge in [0, 0.05) is 36.3 Å². The summed E-state index contributed by atoms with van der Waals surface area (Å²) in [6, 6.07) is 2.55. The van der Waals surface area contributed by atoms with Crippen LogP contribution in [0.15, 0.2) is 16.6 Å².